The van der Waals surface area contributed by atoms with Crippen molar-refractivity contribution < 1.29 is 4.74 Å². The predicted molar refractivity (Wildman–Crippen MR) is 146 cm³/mol. The molecule has 0 radical (unpaired) electrons. The summed E-state index contributed by atoms with van der Waals surface area (Å²) in [5.41, 5.74) is 12.2. The molecule has 2 aliphatic rings. The maximum Gasteiger partial charge on any atom is 0.150 e. The van der Waals surface area contributed by atoms with Crippen LogP contribution in [0.3, 0.4) is 0 Å². The minimum atomic E-state index is 0.428. The number of anilines is 1. The molecule has 7 heteroatoms. The first-order chi connectivity index (χ1) is 18.2. The highest BCUT2D eigenvalue weighted by Crippen LogP contribution is 2.43. The molecule has 0 unspecified atom stereocenters. The number of rotatable bonds is 5. The number of nitrogens with two attached hydrogens (primary N) is 1. The van der Waals surface area contributed by atoms with E-state index in [-0.39, 0.29) is 0 Å². The van der Waals surface area contributed by atoms with Gasteiger partial charge in [-0.1, -0.05) is 48.5 Å². The zero-order valence-corrected chi connectivity index (χ0v) is 20.8. The molecule has 2 aromatic carbocycles. The number of imidazole rings is 1. The minimum Gasteiger partial charge on any atom is -0.382 e. The van der Waals surface area contributed by atoms with Crippen LogP contribution >= 0.6 is 0 Å². The van der Waals surface area contributed by atoms with Gasteiger partial charge in [0.15, 0.2) is 0 Å². The van der Waals surface area contributed by atoms with Gasteiger partial charge in [-0.2, -0.15) is 0 Å². The van der Waals surface area contributed by atoms with Gasteiger partial charge >= 0.3 is 0 Å². The Balaban J connectivity index is 1.22. The van der Waals surface area contributed by atoms with Gasteiger partial charge in [0.1, 0.15) is 22.9 Å². The molecule has 0 amide bonds. The van der Waals surface area contributed by atoms with E-state index >= 15 is 0 Å². The Kier molecular flexibility index (Phi) is 5.60. The maximum atomic E-state index is 6.42. The first-order valence-electron chi connectivity index (χ1n) is 13.1. The highest BCUT2D eigenvalue weighted by molar-refractivity contribution is 5.91. The van der Waals surface area contributed by atoms with Gasteiger partial charge in [-0.3, -0.25) is 9.30 Å². The summed E-state index contributed by atoms with van der Waals surface area (Å²) in [6.07, 6.45) is 6.07. The number of benzene rings is 2. The molecule has 1 saturated heterocycles. The van der Waals surface area contributed by atoms with Crippen molar-refractivity contribution in [2.24, 2.45) is 5.92 Å². The fourth-order valence-corrected chi connectivity index (χ4v) is 5.85. The van der Waals surface area contributed by atoms with Crippen molar-refractivity contribution in [1.29, 1.82) is 0 Å². The summed E-state index contributed by atoms with van der Waals surface area (Å²) in [6.45, 7) is 4.94. The zero-order chi connectivity index (χ0) is 24.8. The average molecular weight is 491 g/mol. The molecule has 7 nitrogen and oxygen atoms in total. The van der Waals surface area contributed by atoms with Crippen molar-refractivity contribution >= 4 is 22.2 Å². The van der Waals surface area contributed by atoms with E-state index in [1.165, 1.54) is 0 Å². The monoisotopic (exact) mass is 490 g/mol. The Hall–Kier alpha value is -3.81. The SMILES string of the molecule is Nc1nccn2c1c(-c1ccc3ccc(-c4ccccc4)nc3c1)nc2[C@H]1C[C@H](CN2CCOCC2)C1. The lowest BCUT2D eigenvalue weighted by Crippen LogP contribution is -2.42. The molecule has 37 heavy (non-hydrogen) atoms. The lowest BCUT2D eigenvalue weighted by Gasteiger charge is -2.39. The van der Waals surface area contributed by atoms with E-state index < -0.39 is 0 Å². The summed E-state index contributed by atoms with van der Waals surface area (Å²) in [5.74, 6) is 2.73. The molecule has 0 spiro atoms. The number of nitrogen functional groups attached to an aromatic ring is 1. The number of nitrogens with zero attached hydrogens (tertiary/aromatic N) is 5. The zero-order valence-electron chi connectivity index (χ0n) is 20.8. The van der Waals surface area contributed by atoms with E-state index in [1.807, 2.05) is 24.4 Å². The summed E-state index contributed by atoms with van der Waals surface area (Å²) in [6, 6.07) is 20.8. The lowest BCUT2D eigenvalue weighted by molar-refractivity contribution is 0.0214. The van der Waals surface area contributed by atoms with Crippen molar-refractivity contribution in [2.45, 2.75) is 18.8 Å². The van der Waals surface area contributed by atoms with Gasteiger partial charge in [0.25, 0.3) is 0 Å². The Morgan fingerprint density at radius 3 is 2.57 bits per heavy atom. The first kappa shape index (κ1) is 22.4. The number of morpholine rings is 1. The topological polar surface area (TPSA) is 81.6 Å². The van der Waals surface area contributed by atoms with Crippen molar-refractivity contribution in [3.8, 4) is 22.5 Å². The van der Waals surface area contributed by atoms with Crippen LogP contribution < -0.4 is 5.73 Å². The Bertz CT molecular complexity index is 1570. The number of pyridine rings is 1. The van der Waals surface area contributed by atoms with Gasteiger partial charge in [0, 0.05) is 54.5 Å². The standard InChI is InChI=1S/C30H30N6O/c31-29-28-27(23-7-6-22-8-9-25(33-26(22)18-23)21-4-2-1-3-5-21)34-30(36(28)11-10-32-29)24-16-20(17-24)19-35-12-14-37-15-13-35/h1-11,18,20,24H,12-17,19H2,(H2,31,32)/t20-,24-. The van der Waals surface area contributed by atoms with Gasteiger partial charge in [0.2, 0.25) is 0 Å². The molecule has 1 saturated carbocycles. The van der Waals surface area contributed by atoms with Gasteiger partial charge in [-0.25, -0.2) is 15.0 Å². The van der Waals surface area contributed by atoms with Crippen molar-refractivity contribution in [3.05, 3.63) is 78.9 Å². The van der Waals surface area contributed by atoms with Crippen LogP contribution in [0.5, 0.6) is 0 Å². The molecule has 5 aromatic rings. The summed E-state index contributed by atoms with van der Waals surface area (Å²) in [4.78, 5) is 17.1. The molecular formula is C30H30N6O. The minimum absolute atomic E-state index is 0.428. The Morgan fingerprint density at radius 1 is 0.919 bits per heavy atom. The normalized spacial score (nSPS) is 20.3. The highest BCUT2D eigenvalue weighted by atomic mass is 16.5. The highest BCUT2D eigenvalue weighted by Gasteiger charge is 2.35. The molecule has 2 N–H and O–H groups in total. The van der Waals surface area contributed by atoms with Gasteiger partial charge in [-0.05, 0) is 30.9 Å². The molecule has 4 heterocycles. The van der Waals surface area contributed by atoms with E-state index in [9.17, 15) is 0 Å². The van der Waals surface area contributed by atoms with E-state index in [1.54, 1.807) is 6.20 Å². The molecule has 3 aromatic heterocycles. The smallest absolute Gasteiger partial charge is 0.150 e. The molecule has 2 fully saturated rings. The predicted octanol–water partition coefficient (Wildman–Crippen LogP) is 5.02. The fraction of sp³-hybridized carbons (Fsp3) is 0.300. The molecule has 186 valence electrons. The third-order valence-corrected chi connectivity index (χ3v) is 7.87. The van der Waals surface area contributed by atoms with Crippen molar-refractivity contribution in [3.63, 3.8) is 0 Å². The number of hydrogen-bond donors (Lipinski definition) is 1. The summed E-state index contributed by atoms with van der Waals surface area (Å²) in [7, 11) is 0. The molecule has 1 aliphatic heterocycles. The second-order valence-electron chi connectivity index (χ2n) is 10.3. The molecule has 7 rings (SSSR count). The fourth-order valence-electron chi connectivity index (χ4n) is 5.85. The van der Waals surface area contributed by atoms with E-state index in [2.05, 4.69) is 56.7 Å². The van der Waals surface area contributed by atoms with Crippen molar-refractivity contribution in [1.82, 2.24) is 24.3 Å². The van der Waals surface area contributed by atoms with Crippen LogP contribution in [0.2, 0.25) is 0 Å². The Labute approximate surface area is 215 Å². The van der Waals surface area contributed by atoms with Crippen LogP contribution in [0, 0.1) is 5.92 Å². The number of aromatic nitrogens is 4. The second kappa shape index (κ2) is 9.25. The van der Waals surface area contributed by atoms with Crippen molar-refractivity contribution in [2.75, 3.05) is 38.6 Å². The summed E-state index contributed by atoms with van der Waals surface area (Å²) < 4.78 is 7.66. The van der Waals surface area contributed by atoms with Crippen LogP contribution in [-0.2, 0) is 4.74 Å². The number of hydrogen-bond acceptors (Lipinski definition) is 6. The quantitative estimate of drug-likeness (QED) is 0.373. The van der Waals surface area contributed by atoms with Gasteiger partial charge in [-0.15, -0.1) is 0 Å². The average Bonchev–Trinajstić information content (AvgIpc) is 3.31. The van der Waals surface area contributed by atoms with E-state index in [4.69, 9.17) is 20.4 Å². The summed E-state index contributed by atoms with van der Waals surface area (Å²) >= 11 is 0. The maximum absolute atomic E-state index is 6.42. The van der Waals surface area contributed by atoms with Gasteiger partial charge in [0.05, 0.1) is 24.4 Å². The number of fused-ring (bicyclic) bond motifs is 2. The van der Waals surface area contributed by atoms with Crippen LogP contribution in [0.1, 0.15) is 24.6 Å². The summed E-state index contributed by atoms with van der Waals surface area (Å²) in [5, 5.41) is 1.10. The lowest BCUT2D eigenvalue weighted by atomic mass is 9.74. The van der Waals surface area contributed by atoms with Crippen LogP contribution in [0.15, 0.2) is 73.1 Å². The van der Waals surface area contributed by atoms with Crippen LogP contribution in [0.25, 0.3) is 38.9 Å². The molecule has 0 bridgehead atoms. The van der Waals surface area contributed by atoms with Crippen LogP contribution in [0.4, 0.5) is 5.82 Å². The van der Waals surface area contributed by atoms with E-state index in [0.717, 1.165) is 90.4 Å². The Morgan fingerprint density at radius 2 is 1.73 bits per heavy atom. The van der Waals surface area contributed by atoms with Gasteiger partial charge < -0.3 is 10.5 Å². The van der Waals surface area contributed by atoms with Crippen LogP contribution in [-0.4, -0.2) is 57.1 Å². The molecule has 0 atom stereocenters. The third-order valence-electron chi connectivity index (χ3n) is 7.87. The molecule has 1 aliphatic carbocycles. The van der Waals surface area contributed by atoms with E-state index in [0.29, 0.717) is 17.7 Å². The second-order valence-corrected chi connectivity index (χ2v) is 10.3. The number of ether oxygens (including phenoxy) is 1. The largest absolute Gasteiger partial charge is 0.382 e. The third kappa shape index (κ3) is 4.14. The molecular weight excluding hydrogens is 460 g/mol. The first-order valence-corrected chi connectivity index (χ1v) is 13.1.